The Morgan fingerprint density at radius 2 is 2.11 bits per heavy atom. The Kier molecular flexibility index (Phi) is 4.94. The first kappa shape index (κ1) is 18.1. The predicted molar refractivity (Wildman–Crippen MR) is 112 cm³/mol. The monoisotopic (exact) mass is 381 g/mol. The second-order valence-electron chi connectivity index (χ2n) is 6.98. The quantitative estimate of drug-likeness (QED) is 0.631. The van der Waals surface area contributed by atoms with Gasteiger partial charge in [0.2, 0.25) is 0 Å². The third-order valence-electron chi connectivity index (χ3n) is 5.35. The normalized spacial score (nSPS) is 15.2. The third-order valence-corrected chi connectivity index (χ3v) is 5.64. The predicted octanol–water partition coefficient (Wildman–Crippen LogP) is 5.08. The van der Waals surface area contributed by atoms with Crippen molar-refractivity contribution in [2.45, 2.75) is 20.3 Å². The third kappa shape index (κ3) is 3.47. The maximum absolute atomic E-state index is 6.33. The van der Waals surface area contributed by atoms with Crippen LogP contribution in [0.3, 0.4) is 0 Å². The maximum atomic E-state index is 6.33. The average molecular weight is 382 g/mol. The Labute approximate surface area is 165 Å². The number of aryl methyl sites for hydroxylation is 1. The molecule has 1 aromatic carbocycles. The first-order valence-corrected chi connectivity index (χ1v) is 9.72. The van der Waals surface area contributed by atoms with E-state index in [9.17, 15) is 0 Å². The van der Waals surface area contributed by atoms with Crippen molar-refractivity contribution < 1.29 is 4.74 Å². The zero-order valence-electron chi connectivity index (χ0n) is 16.0. The lowest BCUT2D eigenvalue weighted by Crippen LogP contribution is -2.28. The van der Waals surface area contributed by atoms with Crippen LogP contribution in [0.2, 0.25) is 5.02 Å². The second kappa shape index (κ2) is 7.37. The Hall–Kier alpha value is -2.30. The van der Waals surface area contributed by atoms with E-state index in [0.717, 1.165) is 48.5 Å². The molecular formula is C22H24ClN3O. The molecule has 4 rings (SSSR count). The van der Waals surface area contributed by atoms with Gasteiger partial charge in [-0.3, -0.25) is 4.90 Å². The Morgan fingerprint density at radius 3 is 2.81 bits per heavy atom. The average Bonchev–Trinajstić information content (AvgIpc) is 3.12. The van der Waals surface area contributed by atoms with Crippen molar-refractivity contribution in [2.75, 3.05) is 26.7 Å². The minimum absolute atomic E-state index is 0.601. The van der Waals surface area contributed by atoms with Gasteiger partial charge in [-0.25, -0.2) is 4.98 Å². The Morgan fingerprint density at radius 1 is 1.26 bits per heavy atom. The number of benzene rings is 1. The number of nitrogens with zero attached hydrogens (tertiary/aromatic N) is 3. The summed E-state index contributed by atoms with van der Waals surface area (Å²) in [5, 5.41) is 0.601. The number of aromatic nitrogens is 2. The van der Waals surface area contributed by atoms with Crippen molar-refractivity contribution in [3.63, 3.8) is 0 Å². The molecule has 4 nitrogen and oxygen atoms in total. The second-order valence-corrected chi connectivity index (χ2v) is 7.39. The van der Waals surface area contributed by atoms with Crippen molar-refractivity contribution in [1.82, 2.24) is 14.3 Å². The first-order chi connectivity index (χ1) is 13.1. The van der Waals surface area contributed by atoms with Gasteiger partial charge in [-0.1, -0.05) is 24.6 Å². The Bertz CT molecular complexity index is 1020. The highest BCUT2D eigenvalue weighted by molar-refractivity contribution is 6.32. The van der Waals surface area contributed by atoms with Gasteiger partial charge < -0.3 is 9.14 Å². The molecule has 0 saturated carbocycles. The first-order valence-electron chi connectivity index (χ1n) is 9.34. The SMILES string of the molecule is CCN1CC=C(c2ccn3cc(-c4cc(Cl)c(OC)cc4C)nc3c2)CC1. The molecular weight excluding hydrogens is 358 g/mol. The van der Waals surface area contributed by atoms with Crippen LogP contribution in [0.1, 0.15) is 24.5 Å². The number of fused-ring (bicyclic) bond motifs is 1. The molecule has 27 heavy (non-hydrogen) atoms. The smallest absolute Gasteiger partial charge is 0.138 e. The topological polar surface area (TPSA) is 29.8 Å². The summed E-state index contributed by atoms with van der Waals surface area (Å²) in [6.45, 7) is 7.52. The zero-order valence-corrected chi connectivity index (χ0v) is 16.8. The summed E-state index contributed by atoms with van der Waals surface area (Å²) in [6.07, 6.45) is 7.58. The van der Waals surface area contributed by atoms with Gasteiger partial charge in [0.05, 0.1) is 17.8 Å². The highest BCUT2D eigenvalue weighted by Crippen LogP contribution is 2.33. The number of hydrogen-bond donors (Lipinski definition) is 0. The van der Waals surface area contributed by atoms with Crippen LogP contribution in [0.25, 0.3) is 22.5 Å². The van der Waals surface area contributed by atoms with Crippen molar-refractivity contribution in [2.24, 2.45) is 0 Å². The number of rotatable bonds is 4. The molecule has 1 aliphatic heterocycles. The molecule has 3 aromatic rings. The van der Waals surface area contributed by atoms with Gasteiger partial charge >= 0.3 is 0 Å². The molecule has 0 amide bonds. The van der Waals surface area contributed by atoms with E-state index >= 15 is 0 Å². The van der Waals surface area contributed by atoms with Crippen molar-refractivity contribution in [1.29, 1.82) is 0 Å². The van der Waals surface area contributed by atoms with E-state index in [-0.39, 0.29) is 0 Å². The molecule has 1 aliphatic rings. The Balaban J connectivity index is 1.70. The number of hydrogen-bond acceptors (Lipinski definition) is 3. The van der Waals surface area contributed by atoms with Crippen molar-refractivity contribution in [3.8, 4) is 17.0 Å². The molecule has 0 aliphatic carbocycles. The standard InChI is InChI=1S/C22H24ClN3O/c1-4-25-8-5-16(6-9-25)17-7-10-26-14-20(24-22(26)12-17)18-13-19(23)21(27-3)11-15(18)2/h5,7,10-14H,4,6,8-9H2,1-3H3. The van der Waals surface area contributed by atoms with Crippen molar-refractivity contribution in [3.05, 3.63) is 58.9 Å². The highest BCUT2D eigenvalue weighted by Gasteiger charge is 2.14. The van der Waals surface area contributed by atoms with Crippen LogP contribution in [-0.4, -0.2) is 41.0 Å². The molecule has 0 spiro atoms. The van der Waals surface area contributed by atoms with Crippen LogP contribution < -0.4 is 4.74 Å². The van der Waals surface area contributed by atoms with Gasteiger partial charge in [0.1, 0.15) is 11.4 Å². The van der Waals surface area contributed by atoms with Crippen LogP contribution in [0.5, 0.6) is 5.75 Å². The van der Waals surface area contributed by atoms with E-state index in [1.165, 1.54) is 11.1 Å². The molecule has 0 saturated heterocycles. The summed E-state index contributed by atoms with van der Waals surface area (Å²) in [4.78, 5) is 7.30. The summed E-state index contributed by atoms with van der Waals surface area (Å²) in [6, 6.07) is 8.25. The largest absolute Gasteiger partial charge is 0.495 e. The number of likely N-dealkylation sites (N-methyl/N-ethyl adjacent to an activating group) is 1. The number of methoxy groups -OCH3 is 1. The van der Waals surface area contributed by atoms with E-state index < -0.39 is 0 Å². The van der Waals surface area contributed by atoms with Gasteiger partial charge in [-0.05, 0) is 60.9 Å². The zero-order chi connectivity index (χ0) is 19.0. The minimum atomic E-state index is 0.601. The van der Waals surface area contributed by atoms with Crippen LogP contribution in [0, 0.1) is 6.92 Å². The summed E-state index contributed by atoms with van der Waals surface area (Å²) < 4.78 is 7.37. The summed E-state index contributed by atoms with van der Waals surface area (Å²) >= 11 is 6.33. The number of halogens is 1. The van der Waals surface area contributed by atoms with E-state index in [1.807, 2.05) is 12.1 Å². The van der Waals surface area contributed by atoms with Gasteiger partial charge in [0.25, 0.3) is 0 Å². The summed E-state index contributed by atoms with van der Waals surface area (Å²) in [5.74, 6) is 0.689. The molecule has 0 N–H and O–H groups in total. The van der Waals surface area contributed by atoms with Gasteiger partial charge in [-0.2, -0.15) is 0 Å². The molecule has 0 bridgehead atoms. The lowest BCUT2D eigenvalue weighted by Gasteiger charge is -2.24. The van der Waals surface area contributed by atoms with Crippen LogP contribution in [0.15, 0.2) is 42.7 Å². The molecule has 140 valence electrons. The molecule has 0 radical (unpaired) electrons. The van der Waals surface area contributed by atoms with Gasteiger partial charge in [-0.15, -0.1) is 0 Å². The fraction of sp³-hybridized carbons (Fsp3) is 0.318. The van der Waals surface area contributed by atoms with E-state index in [2.05, 4.69) is 53.8 Å². The lowest BCUT2D eigenvalue weighted by atomic mass is 10.0. The molecule has 3 heterocycles. The molecule has 0 fully saturated rings. The minimum Gasteiger partial charge on any atom is -0.495 e. The van der Waals surface area contributed by atoms with Gasteiger partial charge in [0, 0.05) is 31.0 Å². The van der Waals surface area contributed by atoms with E-state index in [0.29, 0.717) is 10.8 Å². The van der Waals surface area contributed by atoms with Crippen LogP contribution in [0.4, 0.5) is 0 Å². The van der Waals surface area contributed by atoms with E-state index in [4.69, 9.17) is 21.3 Å². The number of imidazole rings is 1. The maximum Gasteiger partial charge on any atom is 0.138 e. The van der Waals surface area contributed by atoms with Crippen LogP contribution >= 0.6 is 11.6 Å². The number of pyridine rings is 1. The molecule has 0 atom stereocenters. The lowest BCUT2D eigenvalue weighted by molar-refractivity contribution is 0.319. The molecule has 2 aromatic heterocycles. The number of ether oxygens (including phenoxy) is 1. The summed E-state index contributed by atoms with van der Waals surface area (Å²) in [7, 11) is 1.63. The van der Waals surface area contributed by atoms with E-state index in [1.54, 1.807) is 7.11 Å². The van der Waals surface area contributed by atoms with Gasteiger partial charge in [0.15, 0.2) is 0 Å². The highest BCUT2D eigenvalue weighted by atomic mass is 35.5. The summed E-state index contributed by atoms with van der Waals surface area (Å²) in [5.41, 5.74) is 6.67. The molecule has 0 unspecified atom stereocenters. The van der Waals surface area contributed by atoms with Crippen molar-refractivity contribution >= 4 is 22.8 Å². The molecule has 5 heteroatoms. The fourth-order valence-electron chi connectivity index (χ4n) is 3.66. The van der Waals surface area contributed by atoms with Crippen LogP contribution in [-0.2, 0) is 0 Å². The fourth-order valence-corrected chi connectivity index (χ4v) is 3.90.